The summed E-state index contributed by atoms with van der Waals surface area (Å²) in [5, 5.41) is 19.9. The number of amides is 1. The quantitative estimate of drug-likeness (QED) is 0.621. The van der Waals surface area contributed by atoms with Crippen LogP contribution in [0.25, 0.3) is 0 Å². The first kappa shape index (κ1) is 16.6. The summed E-state index contributed by atoms with van der Waals surface area (Å²) in [7, 11) is 0. The van der Waals surface area contributed by atoms with Gasteiger partial charge in [-0.25, -0.2) is 4.79 Å². The Kier molecular flexibility index (Phi) is 6.86. The Morgan fingerprint density at radius 3 is 2.52 bits per heavy atom. The highest BCUT2D eigenvalue weighted by Gasteiger charge is 2.19. The van der Waals surface area contributed by atoms with E-state index in [0.717, 1.165) is 5.69 Å². The van der Waals surface area contributed by atoms with Crippen LogP contribution in [0.3, 0.4) is 0 Å². The largest absolute Gasteiger partial charge is 0.481 e. The minimum absolute atomic E-state index is 0.0942. The molecule has 0 saturated heterocycles. The van der Waals surface area contributed by atoms with Gasteiger partial charge in [0, 0.05) is 24.7 Å². The molecule has 7 nitrogen and oxygen atoms in total. The highest BCUT2D eigenvalue weighted by molar-refractivity contribution is 5.83. The van der Waals surface area contributed by atoms with Gasteiger partial charge in [0.1, 0.15) is 6.04 Å². The van der Waals surface area contributed by atoms with Crippen LogP contribution in [0.2, 0.25) is 0 Å². The number of aryl methyl sites for hydroxylation is 1. The predicted octanol–water partition coefficient (Wildman–Crippen LogP) is 0.839. The van der Waals surface area contributed by atoms with E-state index in [0.29, 0.717) is 6.42 Å². The first-order valence-corrected chi connectivity index (χ1v) is 6.63. The summed E-state index contributed by atoms with van der Waals surface area (Å²) in [6.45, 7) is 0. The number of carbonyl (C=O) groups excluding carboxylic acids is 1. The van der Waals surface area contributed by atoms with E-state index < -0.39 is 18.0 Å². The molecular weight excluding hydrogens is 276 g/mol. The van der Waals surface area contributed by atoms with E-state index in [9.17, 15) is 14.4 Å². The van der Waals surface area contributed by atoms with Gasteiger partial charge in [-0.2, -0.15) is 0 Å². The monoisotopic (exact) mass is 294 g/mol. The lowest BCUT2D eigenvalue weighted by Crippen LogP contribution is -2.40. The Labute approximate surface area is 122 Å². The molecule has 0 bridgehead atoms. The third kappa shape index (κ3) is 7.05. The average molecular weight is 294 g/mol. The normalized spacial score (nSPS) is 11.6. The van der Waals surface area contributed by atoms with Crippen LogP contribution in [0.4, 0.5) is 0 Å². The van der Waals surface area contributed by atoms with Crippen molar-refractivity contribution in [2.45, 2.75) is 38.1 Å². The van der Waals surface area contributed by atoms with Gasteiger partial charge in [0.15, 0.2) is 0 Å². The lowest BCUT2D eigenvalue weighted by atomic mass is 10.1. The number of carboxylic acid groups (broad SMARTS) is 2. The summed E-state index contributed by atoms with van der Waals surface area (Å²) in [4.78, 5) is 37.2. The van der Waals surface area contributed by atoms with Crippen molar-refractivity contribution in [3.05, 3.63) is 30.1 Å². The van der Waals surface area contributed by atoms with Crippen LogP contribution in [0.5, 0.6) is 0 Å². The van der Waals surface area contributed by atoms with E-state index in [-0.39, 0.29) is 31.6 Å². The molecule has 0 unspecified atom stereocenters. The molecule has 3 N–H and O–H groups in total. The summed E-state index contributed by atoms with van der Waals surface area (Å²) in [6.07, 6.45) is 2.37. The number of carbonyl (C=O) groups is 3. The molecule has 0 aliphatic heterocycles. The lowest BCUT2D eigenvalue weighted by Gasteiger charge is -2.13. The number of nitrogens with zero attached hydrogens (tertiary/aromatic N) is 1. The number of nitrogens with one attached hydrogen (secondary N) is 1. The van der Waals surface area contributed by atoms with Crippen molar-refractivity contribution in [1.29, 1.82) is 0 Å². The zero-order valence-corrected chi connectivity index (χ0v) is 11.5. The van der Waals surface area contributed by atoms with Crippen LogP contribution in [0, 0.1) is 0 Å². The molecule has 0 saturated carbocycles. The number of aliphatic carboxylic acids is 2. The summed E-state index contributed by atoms with van der Waals surface area (Å²) < 4.78 is 0. The van der Waals surface area contributed by atoms with Crippen LogP contribution >= 0.6 is 0 Å². The molecule has 1 amide bonds. The Morgan fingerprint density at radius 1 is 1.19 bits per heavy atom. The fourth-order valence-corrected chi connectivity index (χ4v) is 1.77. The maximum absolute atomic E-state index is 11.7. The van der Waals surface area contributed by atoms with Crippen LogP contribution in [0.15, 0.2) is 24.4 Å². The van der Waals surface area contributed by atoms with Gasteiger partial charge < -0.3 is 15.5 Å². The van der Waals surface area contributed by atoms with Crippen molar-refractivity contribution >= 4 is 17.8 Å². The van der Waals surface area contributed by atoms with E-state index in [1.165, 1.54) is 0 Å². The van der Waals surface area contributed by atoms with Gasteiger partial charge in [0.25, 0.3) is 0 Å². The van der Waals surface area contributed by atoms with Crippen molar-refractivity contribution < 1.29 is 24.6 Å². The van der Waals surface area contributed by atoms with Crippen molar-refractivity contribution in [3.8, 4) is 0 Å². The molecule has 7 heteroatoms. The van der Waals surface area contributed by atoms with Crippen molar-refractivity contribution in [2.24, 2.45) is 0 Å². The Bertz CT molecular complexity index is 489. The topological polar surface area (TPSA) is 117 Å². The first-order chi connectivity index (χ1) is 9.99. The maximum atomic E-state index is 11.7. The molecule has 0 fully saturated rings. The molecule has 21 heavy (non-hydrogen) atoms. The van der Waals surface area contributed by atoms with Gasteiger partial charge in [-0.15, -0.1) is 0 Å². The van der Waals surface area contributed by atoms with Crippen LogP contribution in [-0.4, -0.2) is 39.1 Å². The number of pyridine rings is 1. The predicted molar refractivity (Wildman–Crippen MR) is 73.6 cm³/mol. The maximum Gasteiger partial charge on any atom is 0.326 e. The SMILES string of the molecule is O=C(O)CCC[C@@H](NC(=O)CCc1ccccn1)C(=O)O. The van der Waals surface area contributed by atoms with E-state index in [2.05, 4.69) is 10.3 Å². The number of hydrogen-bond acceptors (Lipinski definition) is 4. The molecule has 1 rings (SSSR count). The van der Waals surface area contributed by atoms with Crippen LogP contribution in [-0.2, 0) is 20.8 Å². The molecule has 114 valence electrons. The summed E-state index contributed by atoms with van der Waals surface area (Å²) in [6, 6.07) is 4.31. The second-order valence-electron chi connectivity index (χ2n) is 4.57. The van der Waals surface area contributed by atoms with Gasteiger partial charge in [0.05, 0.1) is 0 Å². The van der Waals surface area contributed by atoms with E-state index >= 15 is 0 Å². The van der Waals surface area contributed by atoms with Crippen LogP contribution in [0.1, 0.15) is 31.4 Å². The molecule has 1 aromatic heterocycles. The molecule has 1 aromatic rings. The van der Waals surface area contributed by atoms with E-state index in [1.807, 2.05) is 6.07 Å². The van der Waals surface area contributed by atoms with Crippen molar-refractivity contribution in [2.75, 3.05) is 0 Å². The summed E-state index contributed by atoms with van der Waals surface area (Å²) in [5.41, 5.74) is 0.755. The number of hydrogen-bond donors (Lipinski definition) is 3. The zero-order chi connectivity index (χ0) is 15.7. The standard InChI is InChI=1S/C14H18N2O5/c17-12(8-7-10-4-1-2-9-15-10)16-11(14(20)21)5-3-6-13(18)19/h1-2,4,9,11H,3,5-8H2,(H,16,17)(H,18,19)(H,20,21)/t11-/m1/s1. The molecule has 0 aromatic carbocycles. The molecule has 1 atom stereocenters. The summed E-state index contributed by atoms with van der Waals surface area (Å²) >= 11 is 0. The third-order valence-electron chi connectivity index (χ3n) is 2.85. The lowest BCUT2D eigenvalue weighted by molar-refractivity contribution is -0.142. The van der Waals surface area contributed by atoms with Gasteiger partial charge in [0.2, 0.25) is 5.91 Å². The fourth-order valence-electron chi connectivity index (χ4n) is 1.77. The molecule has 0 aliphatic rings. The highest BCUT2D eigenvalue weighted by Crippen LogP contribution is 2.03. The van der Waals surface area contributed by atoms with Gasteiger partial charge in [-0.05, 0) is 31.4 Å². The number of rotatable bonds is 9. The summed E-state index contributed by atoms with van der Waals surface area (Å²) in [5.74, 6) is -2.53. The van der Waals surface area contributed by atoms with Gasteiger partial charge in [-0.3, -0.25) is 14.6 Å². The second kappa shape index (κ2) is 8.68. The Balaban J connectivity index is 2.38. The smallest absolute Gasteiger partial charge is 0.326 e. The van der Waals surface area contributed by atoms with Gasteiger partial charge in [-0.1, -0.05) is 6.07 Å². The first-order valence-electron chi connectivity index (χ1n) is 6.63. The van der Waals surface area contributed by atoms with Crippen molar-refractivity contribution in [3.63, 3.8) is 0 Å². The third-order valence-corrected chi connectivity index (χ3v) is 2.85. The molecule has 0 radical (unpaired) electrons. The molecule has 1 heterocycles. The average Bonchev–Trinajstić information content (AvgIpc) is 2.44. The minimum Gasteiger partial charge on any atom is -0.481 e. The zero-order valence-electron chi connectivity index (χ0n) is 11.5. The second-order valence-corrected chi connectivity index (χ2v) is 4.57. The Morgan fingerprint density at radius 2 is 1.95 bits per heavy atom. The fraction of sp³-hybridized carbons (Fsp3) is 0.429. The van der Waals surface area contributed by atoms with Gasteiger partial charge >= 0.3 is 11.9 Å². The number of aromatic nitrogens is 1. The number of carboxylic acids is 2. The van der Waals surface area contributed by atoms with Crippen molar-refractivity contribution in [1.82, 2.24) is 10.3 Å². The highest BCUT2D eigenvalue weighted by atomic mass is 16.4. The minimum atomic E-state index is -1.16. The Hall–Kier alpha value is -2.44. The molecule has 0 aliphatic carbocycles. The van der Waals surface area contributed by atoms with E-state index in [1.54, 1.807) is 18.3 Å². The molecular formula is C14H18N2O5. The van der Waals surface area contributed by atoms with E-state index in [4.69, 9.17) is 10.2 Å². The van der Waals surface area contributed by atoms with Crippen LogP contribution < -0.4 is 5.32 Å². The molecule has 0 spiro atoms.